The van der Waals surface area contributed by atoms with Crippen LogP contribution in [0.2, 0.25) is 0 Å². The van der Waals surface area contributed by atoms with Crippen molar-refractivity contribution in [3.63, 3.8) is 0 Å². The average molecular weight is 368 g/mol. The summed E-state index contributed by atoms with van der Waals surface area (Å²) in [5.74, 6) is 0.592. The molecule has 134 valence electrons. The number of hydrogen-bond donors (Lipinski definition) is 3. The Morgan fingerprint density at radius 3 is 2.79 bits per heavy atom. The quantitative estimate of drug-likeness (QED) is 0.430. The van der Waals surface area contributed by atoms with E-state index in [9.17, 15) is 4.79 Å². The van der Waals surface area contributed by atoms with E-state index in [-0.39, 0.29) is 5.91 Å². The van der Waals surface area contributed by atoms with Crippen LogP contribution in [0.4, 0.5) is 0 Å². The van der Waals surface area contributed by atoms with Gasteiger partial charge in [0.25, 0.3) is 5.91 Å². The van der Waals surface area contributed by atoms with Gasteiger partial charge in [-0.1, -0.05) is 34.1 Å². The van der Waals surface area contributed by atoms with Gasteiger partial charge in [-0.25, -0.2) is 0 Å². The first-order valence-electron chi connectivity index (χ1n) is 8.76. The average Bonchev–Trinajstić information content (AvgIpc) is 2.95. The molecule has 1 aliphatic carbocycles. The lowest BCUT2D eigenvalue weighted by molar-refractivity contribution is 0.0942. The lowest BCUT2D eigenvalue weighted by Crippen LogP contribution is -2.47. The van der Waals surface area contributed by atoms with Crippen LogP contribution in [-0.4, -0.2) is 17.6 Å². The van der Waals surface area contributed by atoms with Crippen molar-refractivity contribution in [1.29, 1.82) is 0 Å². The zero-order chi connectivity index (χ0) is 17.7. The van der Waals surface area contributed by atoms with E-state index >= 15 is 0 Å². The van der Waals surface area contributed by atoms with E-state index in [0.717, 1.165) is 44.2 Å². The van der Waals surface area contributed by atoms with Crippen molar-refractivity contribution in [1.82, 2.24) is 16.2 Å². The number of thiophene rings is 1. The smallest absolute Gasteiger partial charge is 0.270 e. The first kappa shape index (κ1) is 19.2. The zero-order valence-electron chi connectivity index (χ0n) is 15.1. The van der Waals surface area contributed by atoms with Gasteiger partial charge in [0.2, 0.25) is 0 Å². The Bertz CT molecular complexity index is 590. The van der Waals surface area contributed by atoms with Crippen LogP contribution < -0.4 is 16.2 Å². The van der Waals surface area contributed by atoms with Gasteiger partial charge in [-0.15, -0.1) is 11.3 Å². The van der Waals surface area contributed by atoms with E-state index in [1.54, 1.807) is 11.3 Å². The van der Waals surface area contributed by atoms with Crippen molar-refractivity contribution >= 4 is 34.6 Å². The topological polar surface area (TPSA) is 53.2 Å². The van der Waals surface area contributed by atoms with E-state index in [1.165, 1.54) is 10.4 Å². The number of hydrazine groups is 1. The number of amides is 1. The second-order valence-electron chi connectivity index (χ2n) is 7.55. The van der Waals surface area contributed by atoms with Gasteiger partial charge in [0.15, 0.2) is 5.11 Å². The van der Waals surface area contributed by atoms with Gasteiger partial charge < -0.3 is 5.32 Å². The second-order valence-corrected chi connectivity index (χ2v) is 8.92. The number of thiocarbonyl (C=S) groups is 1. The lowest BCUT2D eigenvalue weighted by atomic mass is 9.72. The van der Waals surface area contributed by atoms with Gasteiger partial charge >= 0.3 is 0 Å². The molecule has 0 saturated heterocycles. The van der Waals surface area contributed by atoms with Crippen LogP contribution in [0.25, 0.3) is 0 Å². The molecule has 1 aromatic heterocycles. The summed E-state index contributed by atoms with van der Waals surface area (Å²) in [6, 6.07) is 0. The fourth-order valence-corrected chi connectivity index (χ4v) is 4.36. The highest BCUT2D eigenvalue weighted by molar-refractivity contribution is 7.80. The molecule has 0 saturated carbocycles. The maximum absolute atomic E-state index is 12.4. The van der Waals surface area contributed by atoms with Crippen LogP contribution in [0.1, 0.15) is 67.8 Å². The molecule has 0 radical (unpaired) electrons. The second kappa shape index (κ2) is 8.30. The van der Waals surface area contributed by atoms with Crippen LogP contribution in [0, 0.1) is 11.3 Å². The number of fused-ring (bicyclic) bond motifs is 1. The Balaban J connectivity index is 1.91. The third-order valence-electron chi connectivity index (χ3n) is 4.73. The summed E-state index contributed by atoms with van der Waals surface area (Å²) in [5, 5.41) is 5.53. The summed E-state index contributed by atoms with van der Waals surface area (Å²) in [4.78, 5) is 13.8. The summed E-state index contributed by atoms with van der Waals surface area (Å²) < 4.78 is 0. The molecule has 0 aliphatic heterocycles. The molecule has 6 heteroatoms. The molecular formula is C18H29N3OS2. The van der Waals surface area contributed by atoms with Crippen LogP contribution in [0.5, 0.6) is 0 Å². The first-order chi connectivity index (χ1) is 11.3. The number of rotatable bonds is 4. The molecule has 4 nitrogen and oxygen atoms in total. The van der Waals surface area contributed by atoms with Gasteiger partial charge in [-0.3, -0.25) is 15.6 Å². The number of unbranched alkanes of at least 4 members (excludes halogenated alkanes) is 1. The molecule has 1 heterocycles. The number of carbonyl (C=O) groups is 1. The molecule has 1 aromatic rings. The normalized spacial score (nSPS) is 17.1. The van der Waals surface area contributed by atoms with Gasteiger partial charge in [0.1, 0.15) is 0 Å². The summed E-state index contributed by atoms with van der Waals surface area (Å²) >= 11 is 6.87. The van der Waals surface area contributed by atoms with Crippen molar-refractivity contribution in [3.05, 3.63) is 21.4 Å². The van der Waals surface area contributed by atoms with Crippen molar-refractivity contribution in [2.45, 2.75) is 59.8 Å². The van der Waals surface area contributed by atoms with E-state index in [2.05, 4.69) is 43.9 Å². The highest BCUT2D eigenvalue weighted by Crippen LogP contribution is 2.40. The molecule has 1 unspecified atom stereocenters. The third kappa shape index (κ3) is 4.93. The predicted molar refractivity (Wildman–Crippen MR) is 105 cm³/mol. The maximum Gasteiger partial charge on any atom is 0.270 e. The Kier molecular flexibility index (Phi) is 6.63. The Morgan fingerprint density at radius 1 is 1.38 bits per heavy atom. The highest BCUT2D eigenvalue weighted by atomic mass is 32.1. The Morgan fingerprint density at radius 2 is 2.12 bits per heavy atom. The Labute approximate surface area is 154 Å². The SMILES string of the molecule is CCCCNC(=S)NNC(=O)c1csc2c1CCC(C(C)(C)C)C2. The van der Waals surface area contributed by atoms with Crippen LogP contribution >= 0.6 is 23.6 Å². The molecule has 0 spiro atoms. The molecule has 24 heavy (non-hydrogen) atoms. The zero-order valence-corrected chi connectivity index (χ0v) is 16.8. The standard InChI is InChI=1S/C18H29N3OS2/c1-5-6-9-19-17(23)21-20-16(22)14-11-24-15-10-12(18(2,3)4)7-8-13(14)15/h11-12H,5-10H2,1-4H3,(H,20,22)(H2,19,21,23). The molecular weight excluding hydrogens is 338 g/mol. The predicted octanol–water partition coefficient (Wildman–Crippen LogP) is 3.81. The molecule has 0 fully saturated rings. The van der Waals surface area contributed by atoms with Crippen molar-refractivity contribution in [2.75, 3.05) is 6.54 Å². The number of nitrogens with one attached hydrogen (secondary N) is 3. The first-order valence-corrected chi connectivity index (χ1v) is 10.0. The molecule has 1 amide bonds. The van der Waals surface area contributed by atoms with Gasteiger partial charge in [0.05, 0.1) is 5.56 Å². The van der Waals surface area contributed by atoms with Crippen LogP contribution in [0.15, 0.2) is 5.38 Å². The minimum atomic E-state index is -0.0960. The minimum absolute atomic E-state index is 0.0960. The summed E-state index contributed by atoms with van der Waals surface area (Å²) in [7, 11) is 0. The summed E-state index contributed by atoms with van der Waals surface area (Å²) in [6.07, 6.45) is 5.39. The van der Waals surface area contributed by atoms with Crippen LogP contribution in [-0.2, 0) is 12.8 Å². The third-order valence-corrected chi connectivity index (χ3v) is 6.03. The minimum Gasteiger partial charge on any atom is -0.361 e. The number of hydrogen-bond acceptors (Lipinski definition) is 3. The van der Waals surface area contributed by atoms with Gasteiger partial charge in [0, 0.05) is 16.8 Å². The molecule has 1 atom stereocenters. The van der Waals surface area contributed by atoms with E-state index in [0.29, 0.717) is 16.4 Å². The maximum atomic E-state index is 12.4. The van der Waals surface area contributed by atoms with Gasteiger partial charge in [-0.2, -0.15) is 0 Å². The largest absolute Gasteiger partial charge is 0.361 e. The molecule has 1 aliphatic rings. The van der Waals surface area contributed by atoms with E-state index in [4.69, 9.17) is 12.2 Å². The van der Waals surface area contributed by atoms with Crippen molar-refractivity contribution in [2.24, 2.45) is 11.3 Å². The fourth-order valence-electron chi connectivity index (χ4n) is 3.05. The summed E-state index contributed by atoms with van der Waals surface area (Å²) in [6.45, 7) is 9.87. The molecule has 3 N–H and O–H groups in total. The van der Waals surface area contributed by atoms with Crippen molar-refractivity contribution in [3.8, 4) is 0 Å². The highest BCUT2D eigenvalue weighted by Gasteiger charge is 2.31. The van der Waals surface area contributed by atoms with Crippen LogP contribution in [0.3, 0.4) is 0 Å². The fraction of sp³-hybridized carbons (Fsp3) is 0.667. The summed E-state index contributed by atoms with van der Waals surface area (Å²) in [5.41, 5.74) is 7.86. The van der Waals surface area contributed by atoms with E-state index in [1.807, 2.05) is 5.38 Å². The molecule has 2 rings (SSSR count). The molecule has 0 bridgehead atoms. The monoisotopic (exact) mass is 367 g/mol. The van der Waals surface area contributed by atoms with Gasteiger partial charge in [-0.05, 0) is 54.8 Å². The Hall–Kier alpha value is -1.14. The number of carbonyl (C=O) groups excluding carboxylic acids is 1. The molecule has 0 aromatic carbocycles. The van der Waals surface area contributed by atoms with E-state index < -0.39 is 0 Å². The van der Waals surface area contributed by atoms with Crippen molar-refractivity contribution < 1.29 is 4.79 Å². The lowest BCUT2D eigenvalue weighted by Gasteiger charge is -2.34.